The first-order valence-electron chi connectivity index (χ1n) is 11.6. The van der Waals surface area contributed by atoms with Gasteiger partial charge in [0, 0.05) is 6.54 Å². The van der Waals surface area contributed by atoms with Crippen molar-refractivity contribution in [2.75, 3.05) is 26.4 Å². The number of nitrogens with zero attached hydrogens (tertiary/aromatic N) is 1. The standard InChI is InChI=1S/C24H32N2O5/c1-16-12-23(28)26-11-10-24(15-29-14-22(27)25-24)21(26)13-30-18-8-6-17(7-9-18)19-4-2-3-5-20(19)31-16/h2-5,16-18,21H,6-15H2,1H3,(H,25,27). The van der Waals surface area contributed by atoms with Crippen molar-refractivity contribution in [3.63, 3.8) is 0 Å². The Morgan fingerprint density at radius 3 is 2.74 bits per heavy atom. The highest BCUT2D eigenvalue weighted by atomic mass is 16.5. The van der Waals surface area contributed by atoms with Crippen molar-refractivity contribution >= 4 is 11.8 Å². The second kappa shape index (κ2) is 8.43. The molecule has 3 atom stereocenters. The zero-order chi connectivity index (χ0) is 21.4. The van der Waals surface area contributed by atoms with Crippen molar-refractivity contribution in [3.8, 4) is 5.75 Å². The van der Waals surface area contributed by atoms with E-state index in [2.05, 4.69) is 17.4 Å². The molecule has 6 rings (SSSR count). The van der Waals surface area contributed by atoms with Crippen LogP contribution < -0.4 is 10.1 Å². The van der Waals surface area contributed by atoms with Crippen molar-refractivity contribution in [1.82, 2.24) is 10.2 Å². The van der Waals surface area contributed by atoms with Crippen LogP contribution in [0.2, 0.25) is 0 Å². The molecule has 1 aromatic rings. The van der Waals surface area contributed by atoms with Gasteiger partial charge in [-0.3, -0.25) is 9.59 Å². The van der Waals surface area contributed by atoms with E-state index in [4.69, 9.17) is 14.2 Å². The average Bonchev–Trinajstić information content (AvgIpc) is 3.09. The van der Waals surface area contributed by atoms with Crippen LogP contribution in [-0.2, 0) is 19.1 Å². The fourth-order valence-electron chi connectivity index (χ4n) is 5.79. The van der Waals surface area contributed by atoms with Gasteiger partial charge in [0.2, 0.25) is 11.8 Å². The molecule has 7 nitrogen and oxygen atoms in total. The molecule has 5 aliphatic rings. The first-order valence-corrected chi connectivity index (χ1v) is 11.6. The predicted octanol–water partition coefficient (Wildman–Crippen LogP) is 2.39. The van der Waals surface area contributed by atoms with E-state index in [1.54, 1.807) is 0 Å². The van der Waals surface area contributed by atoms with Gasteiger partial charge in [0.05, 0.1) is 37.3 Å². The van der Waals surface area contributed by atoms with E-state index >= 15 is 0 Å². The number of carbonyl (C=O) groups excluding carboxylic acids is 2. The molecule has 4 heterocycles. The summed E-state index contributed by atoms with van der Waals surface area (Å²) < 4.78 is 18.3. The normalized spacial score (nSPS) is 36.4. The number of hydrogen-bond acceptors (Lipinski definition) is 5. The molecule has 1 aliphatic carbocycles. The molecule has 2 saturated heterocycles. The minimum atomic E-state index is -0.560. The van der Waals surface area contributed by atoms with E-state index in [1.165, 1.54) is 5.56 Å². The molecule has 3 unspecified atom stereocenters. The second-order valence-corrected chi connectivity index (χ2v) is 9.53. The first kappa shape index (κ1) is 20.8. The summed E-state index contributed by atoms with van der Waals surface area (Å²) in [5.41, 5.74) is 0.688. The quantitative estimate of drug-likeness (QED) is 0.687. The number of nitrogens with one attached hydrogen (secondary N) is 1. The number of benzene rings is 1. The average molecular weight is 429 g/mol. The number of ether oxygens (including phenoxy) is 3. The molecule has 1 spiro atoms. The zero-order valence-electron chi connectivity index (χ0n) is 18.2. The van der Waals surface area contributed by atoms with Crippen LogP contribution in [0.1, 0.15) is 56.9 Å². The van der Waals surface area contributed by atoms with Gasteiger partial charge >= 0.3 is 0 Å². The molecular weight excluding hydrogens is 396 g/mol. The van der Waals surface area contributed by atoms with Crippen LogP contribution >= 0.6 is 0 Å². The lowest BCUT2D eigenvalue weighted by molar-refractivity contribution is -0.144. The van der Waals surface area contributed by atoms with Crippen LogP contribution in [0.15, 0.2) is 24.3 Å². The Labute approximate surface area is 183 Å². The molecule has 1 N–H and O–H groups in total. The van der Waals surface area contributed by atoms with Gasteiger partial charge in [0.15, 0.2) is 0 Å². The SMILES string of the molecule is CC1CC(=O)N2CCC3(COCC(=O)N3)C2COC2CCC(CC2)c2ccccc2O1. The number of carbonyl (C=O) groups is 2. The van der Waals surface area contributed by atoms with E-state index in [9.17, 15) is 9.59 Å². The van der Waals surface area contributed by atoms with Gasteiger partial charge in [0.1, 0.15) is 18.5 Å². The van der Waals surface area contributed by atoms with E-state index < -0.39 is 5.54 Å². The number of hydrogen-bond donors (Lipinski definition) is 1. The molecule has 0 radical (unpaired) electrons. The van der Waals surface area contributed by atoms with Crippen molar-refractivity contribution in [3.05, 3.63) is 29.8 Å². The van der Waals surface area contributed by atoms with Gasteiger partial charge in [-0.1, -0.05) is 18.2 Å². The van der Waals surface area contributed by atoms with Crippen LogP contribution in [0.5, 0.6) is 5.75 Å². The third kappa shape index (κ3) is 4.05. The van der Waals surface area contributed by atoms with Crippen molar-refractivity contribution < 1.29 is 23.8 Å². The van der Waals surface area contributed by atoms with Crippen LogP contribution in [-0.4, -0.2) is 66.9 Å². The highest BCUT2D eigenvalue weighted by molar-refractivity contribution is 5.81. The van der Waals surface area contributed by atoms with Crippen LogP contribution in [0, 0.1) is 0 Å². The summed E-state index contributed by atoms with van der Waals surface area (Å²) in [6, 6.07) is 8.03. The maximum absolute atomic E-state index is 13.3. The molecule has 1 aromatic carbocycles. The lowest BCUT2D eigenvalue weighted by Gasteiger charge is -2.42. The molecule has 3 fully saturated rings. The minimum absolute atomic E-state index is 0.0393. The van der Waals surface area contributed by atoms with Crippen LogP contribution in [0.25, 0.3) is 0 Å². The Balaban J connectivity index is 1.43. The van der Waals surface area contributed by atoms with Gasteiger partial charge in [-0.05, 0) is 56.6 Å². The summed E-state index contributed by atoms with van der Waals surface area (Å²) in [6.45, 7) is 3.48. The molecule has 2 bridgehead atoms. The molecule has 7 heteroatoms. The van der Waals surface area contributed by atoms with Gasteiger partial charge in [-0.25, -0.2) is 0 Å². The minimum Gasteiger partial charge on any atom is -0.490 e. The molecular formula is C24H32N2O5. The lowest BCUT2D eigenvalue weighted by atomic mass is 9.82. The van der Waals surface area contributed by atoms with Crippen LogP contribution in [0.3, 0.4) is 0 Å². The molecule has 168 valence electrons. The molecule has 4 aliphatic heterocycles. The number of fused-ring (bicyclic) bond motifs is 6. The maximum atomic E-state index is 13.3. The van der Waals surface area contributed by atoms with E-state index in [1.807, 2.05) is 24.0 Å². The maximum Gasteiger partial charge on any atom is 0.246 e. The first-order chi connectivity index (χ1) is 15.0. The van der Waals surface area contributed by atoms with Gasteiger partial charge in [-0.2, -0.15) is 0 Å². The van der Waals surface area contributed by atoms with E-state index in [0.29, 0.717) is 38.5 Å². The number of para-hydroxylation sites is 1. The Bertz CT molecular complexity index is 837. The third-order valence-electron chi connectivity index (χ3n) is 7.43. The van der Waals surface area contributed by atoms with Gasteiger partial charge in [0.25, 0.3) is 0 Å². The van der Waals surface area contributed by atoms with E-state index in [0.717, 1.165) is 31.4 Å². The summed E-state index contributed by atoms with van der Waals surface area (Å²) in [7, 11) is 0. The molecule has 31 heavy (non-hydrogen) atoms. The fourth-order valence-corrected chi connectivity index (χ4v) is 5.79. The number of amides is 2. The molecule has 1 saturated carbocycles. The summed E-state index contributed by atoms with van der Waals surface area (Å²) in [5.74, 6) is 1.28. The monoisotopic (exact) mass is 428 g/mol. The highest BCUT2D eigenvalue weighted by Crippen LogP contribution is 2.40. The predicted molar refractivity (Wildman–Crippen MR) is 114 cm³/mol. The fraction of sp³-hybridized carbons (Fsp3) is 0.667. The van der Waals surface area contributed by atoms with Gasteiger partial charge < -0.3 is 24.4 Å². The van der Waals surface area contributed by atoms with Crippen molar-refractivity contribution in [2.45, 2.75) is 75.2 Å². The Hall–Kier alpha value is -2.12. The van der Waals surface area contributed by atoms with Crippen LogP contribution in [0.4, 0.5) is 0 Å². The highest BCUT2D eigenvalue weighted by Gasteiger charge is 2.52. The number of morpholine rings is 1. The Morgan fingerprint density at radius 2 is 1.94 bits per heavy atom. The van der Waals surface area contributed by atoms with Crippen molar-refractivity contribution in [2.24, 2.45) is 0 Å². The summed E-state index contributed by atoms with van der Waals surface area (Å²) >= 11 is 0. The summed E-state index contributed by atoms with van der Waals surface area (Å²) in [6.07, 6.45) is 5.04. The summed E-state index contributed by atoms with van der Waals surface area (Å²) in [4.78, 5) is 27.3. The Kier molecular flexibility index (Phi) is 5.65. The van der Waals surface area contributed by atoms with Gasteiger partial charge in [-0.15, -0.1) is 0 Å². The molecule has 0 aromatic heterocycles. The largest absolute Gasteiger partial charge is 0.490 e. The van der Waals surface area contributed by atoms with E-state index in [-0.39, 0.29) is 36.7 Å². The summed E-state index contributed by atoms with van der Waals surface area (Å²) in [5, 5.41) is 3.14. The molecule has 2 amide bonds. The topological polar surface area (TPSA) is 77.1 Å². The second-order valence-electron chi connectivity index (χ2n) is 9.53. The lowest BCUT2D eigenvalue weighted by Crippen LogP contribution is -2.65. The third-order valence-corrected chi connectivity index (χ3v) is 7.43. The zero-order valence-corrected chi connectivity index (χ0v) is 18.2. The number of rotatable bonds is 0. The Morgan fingerprint density at radius 1 is 1.13 bits per heavy atom. The smallest absolute Gasteiger partial charge is 0.246 e. The van der Waals surface area contributed by atoms with Crippen molar-refractivity contribution in [1.29, 1.82) is 0 Å².